The minimum absolute atomic E-state index is 0.880. The first-order valence-electron chi connectivity index (χ1n) is 11.8. The normalized spacial score (nSPS) is 21.3. The van der Waals surface area contributed by atoms with Crippen molar-refractivity contribution in [2.45, 2.75) is 27.7 Å². The van der Waals surface area contributed by atoms with E-state index in [0.29, 0.717) is 0 Å². The van der Waals surface area contributed by atoms with Gasteiger partial charge in [0.2, 0.25) is 0 Å². The van der Waals surface area contributed by atoms with Crippen LogP contribution in [0.1, 0.15) is 32.0 Å². The van der Waals surface area contributed by atoms with Gasteiger partial charge in [0.1, 0.15) is 0 Å². The van der Waals surface area contributed by atoms with E-state index in [1.165, 1.54) is 22.4 Å². The highest BCUT2D eigenvalue weighted by molar-refractivity contribution is 5.84. The first kappa shape index (κ1) is 24.0. The van der Waals surface area contributed by atoms with Crippen molar-refractivity contribution in [3.8, 4) is 11.4 Å². The second kappa shape index (κ2) is 10.4. The maximum atomic E-state index is 4.66. The molecule has 0 spiro atoms. The van der Waals surface area contributed by atoms with Gasteiger partial charge in [-0.05, 0) is 79.8 Å². The van der Waals surface area contributed by atoms with E-state index < -0.39 is 0 Å². The van der Waals surface area contributed by atoms with Gasteiger partial charge in [0.05, 0.1) is 17.6 Å². The second-order valence-electron chi connectivity index (χ2n) is 8.77. The third kappa shape index (κ3) is 5.17. The van der Waals surface area contributed by atoms with Crippen LogP contribution in [0.4, 0.5) is 0 Å². The van der Waals surface area contributed by atoms with Crippen LogP contribution in [0.3, 0.4) is 0 Å². The zero-order chi connectivity index (χ0) is 24.9. The quantitative estimate of drug-likeness (QED) is 0.517. The summed E-state index contributed by atoms with van der Waals surface area (Å²) in [7, 11) is 2.08. The number of hydrogen-bond acceptors (Lipinski definition) is 3. The highest BCUT2D eigenvalue weighted by atomic mass is 15.1. The average Bonchev–Trinajstić information content (AvgIpc) is 3.28. The number of nitrogens with zero attached hydrogens (tertiary/aromatic N) is 3. The molecule has 0 bridgehead atoms. The number of aromatic amines is 1. The first-order valence-corrected chi connectivity index (χ1v) is 11.8. The third-order valence-electron chi connectivity index (χ3n) is 6.33. The van der Waals surface area contributed by atoms with Crippen LogP contribution in [0.5, 0.6) is 0 Å². The van der Waals surface area contributed by atoms with Gasteiger partial charge in [0.15, 0.2) is 0 Å². The van der Waals surface area contributed by atoms with Gasteiger partial charge in [-0.15, -0.1) is 0 Å². The smallest absolute Gasteiger partial charge is 0.0912 e. The van der Waals surface area contributed by atoms with E-state index in [2.05, 4.69) is 115 Å². The summed E-state index contributed by atoms with van der Waals surface area (Å²) in [6.07, 6.45) is 23.0. The summed E-state index contributed by atoms with van der Waals surface area (Å²) < 4.78 is 0. The van der Waals surface area contributed by atoms with Crippen molar-refractivity contribution in [3.05, 3.63) is 137 Å². The van der Waals surface area contributed by atoms with E-state index in [1.807, 2.05) is 31.3 Å². The lowest BCUT2D eigenvalue weighted by Gasteiger charge is -2.20. The highest BCUT2D eigenvalue weighted by Gasteiger charge is 2.15. The number of allylic oxidation sites excluding steroid dienone is 16. The number of rotatable bonds is 4. The van der Waals surface area contributed by atoms with E-state index in [1.54, 1.807) is 0 Å². The van der Waals surface area contributed by atoms with Crippen molar-refractivity contribution in [2.24, 2.45) is 0 Å². The molecule has 1 N–H and O–H groups in total. The molecule has 0 aromatic carbocycles. The molecule has 1 aliphatic carbocycles. The zero-order valence-corrected chi connectivity index (χ0v) is 21.1. The van der Waals surface area contributed by atoms with Crippen LogP contribution in [0.15, 0.2) is 125 Å². The molecule has 4 nitrogen and oxygen atoms in total. The van der Waals surface area contributed by atoms with Crippen LogP contribution in [0, 0.1) is 6.92 Å². The molecule has 0 saturated heterocycles. The maximum absolute atomic E-state index is 4.66. The minimum Gasteiger partial charge on any atom is -0.354 e. The lowest BCUT2D eigenvalue weighted by molar-refractivity contribution is 0.566. The standard InChI is InChI=1S/C31H32N4/c1-7-25(30-22(3)11-10-18-35(6)24(30)5)19-27-14-9-13-26(17-16-21(27)2)28-20-32-34-31(28)29-15-8-12-23(4)33-29/h7-20H,2H2,1,3-6H3,(H,32,34)/b14-9+,17-16-,25-7+,26-13-,27-19-. The monoisotopic (exact) mass is 460 g/mol. The fourth-order valence-electron chi connectivity index (χ4n) is 4.28. The summed E-state index contributed by atoms with van der Waals surface area (Å²) in [5.41, 5.74) is 11.7. The Morgan fingerprint density at radius 1 is 1.06 bits per heavy atom. The number of nitrogens with one attached hydrogen (secondary N) is 1. The van der Waals surface area contributed by atoms with Gasteiger partial charge in [-0.3, -0.25) is 10.1 Å². The lowest BCUT2D eigenvalue weighted by atomic mass is 9.92. The van der Waals surface area contributed by atoms with Gasteiger partial charge in [-0.25, -0.2) is 0 Å². The summed E-state index contributed by atoms with van der Waals surface area (Å²) >= 11 is 0. The number of hydrogen-bond donors (Lipinski definition) is 1. The predicted molar refractivity (Wildman–Crippen MR) is 147 cm³/mol. The second-order valence-corrected chi connectivity index (χ2v) is 8.77. The third-order valence-corrected chi connectivity index (χ3v) is 6.33. The Hall–Kier alpha value is -4.18. The van der Waals surface area contributed by atoms with E-state index in [4.69, 9.17) is 0 Å². The summed E-state index contributed by atoms with van der Waals surface area (Å²) in [6.45, 7) is 12.8. The van der Waals surface area contributed by atoms with Gasteiger partial charge in [0, 0.05) is 35.8 Å². The topological polar surface area (TPSA) is 44.8 Å². The Morgan fingerprint density at radius 2 is 1.89 bits per heavy atom. The van der Waals surface area contributed by atoms with E-state index in [0.717, 1.165) is 39.4 Å². The molecule has 2 aliphatic rings. The SMILES string of the molecule is C=C1\C=C/C(c2cn[nH]c2-c2cccc(C)n2)=C/C=C/C1=C/C(=C\C)C1=C(C)N(C)C=CC=C1C. The van der Waals surface area contributed by atoms with Crippen molar-refractivity contribution in [2.75, 3.05) is 7.05 Å². The molecule has 2 aromatic heterocycles. The molecule has 0 saturated carbocycles. The van der Waals surface area contributed by atoms with Crippen molar-refractivity contribution in [1.29, 1.82) is 0 Å². The Balaban J connectivity index is 1.69. The molecular formula is C31H32N4. The Kier molecular flexibility index (Phi) is 7.11. The van der Waals surface area contributed by atoms with Crippen LogP contribution in [0.25, 0.3) is 17.0 Å². The molecule has 0 fully saturated rings. The van der Waals surface area contributed by atoms with Crippen molar-refractivity contribution in [3.63, 3.8) is 0 Å². The van der Waals surface area contributed by atoms with Crippen LogP contribution in [0.2, 0.25) is 0 Å². The Bertz CT molecular complexity index is 1400. The number of aromatic nitrogens is 3. The number of H-pyrrole nitrogens is 1. The van der Waals surface area contributed by atoms with E-state index in [-0.39, 0.29) is 0 Å². The van der Waals surface area contributed by atoms with Gasteiger partial charge in [-0.2, -0.15) is 5.10 Å². The maximum Gasteiger partial charge on any atom is 0.0912 e. The molecule has 4 heteroatoms. The average molecular weight is 461 g/mol. The molecule has 0 unspecified atom stereocenters. The Morgan fingerprint density at radius 3 is 2.66 bits per heavy atom. The Labute approximate surface area is 208 Å². The fraction of sp³-hybridized carbons (Fsp3) is 0.161. The molecule has 0 radical (unpaired) electrons. The predicted octanol–water partition coefficient (Wildman–Crippen LogP) is 7.40. The molecule has 1 aliphatic heterocycles. The van der Waals surface area contributed by atoms with Crippen LogP contribution >= 0.6 is 0 Å². The van der Waals surface area contributed by atoms with Crippen LogP contribution in [-0.4, -0.2) is 27.1 Å². The molecule has 3 heterocycles. The van der Waals surface area contributed by atoms with Crippen LogP contribution in [-0.2, 0) is 0 Å². The molecule has 0 amide bonds. The molecule has 2 aromatic rings. The summed E-state index contributed by atoms with van der Waals surface area (Å²) in [5, 5.41) is 7.41. The van der Waals surface area contributed by atoms with Gasteiger partial charge in [-0.1, -0.05) is 55.2 Å². The van der Waals surface area contributed by atoms with Crippen molar-refractivity contribution < 1.29 is 0 Å². The van der Waals surface area contributed by atoms with Gasteiger partial charge < -0.3 is 4.90 Å². The van der Waals surface area contributed by atoms with E-state index in [9.17, 15) is 0 Å². The fourth-order valence-corrected chi connectivity index (χ4v) is 4.28. The minimum atomic E-state index is 0.880. The largest absolute Gasteiger partial charge is 0.354 e. The van der Waals surface area contributed by atoms with Gasteiger partial charge >= 0.3 is 0 Å². The van der Waals surface area contributed by atoms with Crippen molar-refractivity contribution in [1.82, 2.24) is 20.1 Å². The molecular weight excluding hydrogens is 428 g/mol. The molecule has 4 rings (SSSR count). The summed E-state index contributed by atoms with van der Waals surface area (Å²) in [4.78, 5) is 6.82. The molecule has 0 atom stereocenters. The first-order chi connectivity index (χ1) is 16.9. The molecule has 176 valence electrons. The van der Waals surface area contributed by atoms with Crippen molar-refractivity contribution >= 4 is 5.57 Å². The highest BCUT2D eigenvalue weighted by Crippen LogP contribution is 2.32. The zero-order valence-electron chi connectivity index (χ0n) is 21.1. The number of aryl methyl sites for hydroxylation is 1. The number of pyridine rings is 1. The van der Waals surface area contributed by atoms with Gasteiger partial charge in [0.25, 0.3) is 0 Å². The van der Waals surface area contributed by atoms with E-state index >= 15 is 0 Å². The lowest BCUT2D eigenvalue weighted by Crippen LogP contribution is -2.10. The van der Waals surface area contributed by atoms with Crippen LogP contribution < -0.4 is 0 Å². The summed E-state index contributed by atoms with van der Waals surface area (Å²) in [5.74, 6) is 0. The summed E-state index contributed by atoms with van der Waals surface area (Å²) in [6, 6.07) is 6.00. The molecule has 35 heavy (non-hydrogen) atoms.